The first-order chi connectivity index (χ1) is 16.0. The SMILES string of the molecule is O=C(Cc1ccncc1)N1CCC(C2c3ccc(Cl)c(Br)c3CCc3cc(Br)cnc32)CC1. The van der Waals surface area contributed by atoms with Crippen LogP contribution in [0.1, 0.15) is 46.7 Å². The zero-order valence-electron chi connectivity index (χ0n) is 18.1. The van der Waals surface area contributed by atoms with Crippen molar-refractivity contribution in [2.24, 2.45) is 5.92 Å². The molecule has 3 aromatic rings. The molecule has 0 radical (unpaired) electrons. The van der Waals surface area contributed by atoms with Gasteiger partial charge in [-0.2, -0.15) is 0 Å². The van der Waals surface area contributed by atoms with Gasteiger partial charge < -0.3 is 4.90 Å². The lowest BCUT2D eigenvalue weighted by Gasteiger charge is -2.37. The maximum Gasteiger partial charge on any atom is 0.226 e. The number of carbonyl (C=O) groups is 1. The van der Waals surface area contributed by atoms with Gasteiger partial charge in [0.25, 0.3) is 0 Å². The van der Waals surface area contributed by atoms with Crippen LogP contribution in [0, 0.1) is 5.92 Å². The zero-order chi connectivity index (χ0) is 22.9. The highest BCUT2D eigenvalue weighted by atomic mass is 79.9. The Kier molecular flexibility index (Phi) is 6.86. The fourth-order valence-corrected chi connectivity index (χ4v) is 6.39. The van der Waals surface area contributed by atoms with Crippen LogP contribution in [0.25, 0.3) is 0 Å². The number of rotatable bonds is 3. The molecule has 2 aliphatic rings. The van der Waals surface area contributed by atoms with Gasteiger partial charge in [0.15, 0.2) is 0 Å². The second-order valence-electron chi connectivity index (χ2n) is 8.86. The van der Waals surface area contributed by atoms with E-state index in [1.807, 2.05) is 29.3 Å². The van der Waals surface area contributed by atoms with Crippen molar-refractivity contribution in [1.29, 1.82) is 0 Å². The van der Waals surface area contributed by atoms with E-state index >= 15 is 0 Å². The molecule has 1 atom stereocenters. The minimum absolute atomic E-state index is 0.192. The molecule has 0 bridgehead atoms. The highest BCUT2D eigenvalue weighted by molar-refractivity contribution is 9.10. The summed E-state index contributed by atoms with van der Waals surface area (Å²) in [4.78, 5) is 23.9. The molecule has 170 valence electrons. The van der Waals surface area contributed by atoms with Gasteiger partial charge in [-0.1, -0.05) is 17.7 Å². The lowest BCUT2D eigenvalue weighted by atomic mass is 9.76. The summed E-state index contributed by atoms with van der Waals surface area (Å²) >= 11 is 13.8. The number of carbonyl (C=O) groups excluding carboxylic acids is 1. The van der Waals surface area contributed by atoms with E-state index in [1.54, 1.807) is 12.4 Å². The van der Waals surface area contributed by atoms with Crippen molar-refractivity contribution in [1.82, 2.24) is 14.9 Å². The third kappa shape index (κ3) is 4.75. The number of fused-ring (bicyclic) bond motifs is 2. The Balaban J connectivity index is 1.41. The first kappa shape index (κ1) is 23.0. The van der Waals surface area contributed by atoms with E-state index < -0.39 is 0 Å². The monoisotopic (exact) mass is 587 g/mol. The van der Waals surface area contributed by atoms with Crippen molar-refractivity contribution in [2.75, 3.05) is 13.1 Å². The predicted octanol–water partition coefficient (Wildman–Crippen LogP) is 6.37. The second-order valence-corrected chi connectivity index (χ2v) is 11.0. The predicted molar refractivity (Wildman–Crippen MR) is 138 cm³/mol. The molecule has 1 aliphatic carbocycles. The summed E-state index contributed by atoms with van der Waals surface area (Å²) in [7, 11) is 0. The molecule has 1 aliphatic heterocycles. The Morgan fingerprint density at radius 2 is 1.85 bits per heavy atom. The first-order valence-corrected chi connectivity index (χ1v) is 13.3. The lowest BCUT2D eigenvalue weighted by molar-refractivity contribution is -0.131. The topological polar surface area (TPSA) is 46.1 Å². The van der Waals surface area contributed by atoms with E-state index in [4.69, 9.17) is 16.6 Å². The molecule has 4 nitrogen and oxygen atoms in total. The second kappa shape index (κ2) is 9.85. The van der Waals surface area contributed by atoms with Gasteiger partial charge in [-0.3, -0.25) is 14.8 Å². The van der Waals surface area contributed by atoms with Crippen LogP contribution in [0.15, 0.2) is 57.9 Å². The number of benzene rings is 1. The molecule has 2 aromatic heterocycles. The van der Waals surface area contributed by atoms with Crippen LogP contribution in [0.5, 0.6) is 0 Å². The summed E-state index contributed by atoms with van der Waals surface area (Å²) in [5, 5.41) is 0.754. The minimum atomic E-state index is 0.192. The third-order valence-electron chi connectivity index (χ3n) is 6.94. The van der Waals surface area contributed by atoms with Crippen LogP contribution in [-0.2, 0) is 24.1 Å². The van der Waals surface area contributed by atoms with Crippen molar-refractivity contribution in [3.63, 3.8) is 0 Å². The van der Waals surface area contributed by atoms with Gasteiger partial charge in [0.2, 0.25) is 5.91 Å². The summed E-state index contributed by atoms with van der Waals surface area (Å²) in [6.07, 6.45) is 9.62. The summed E-state index contributed by atoms with van der Waals surface area (Å²) in [5.74, 6) is 0.821. The van der Waals surface area contributed by atoms with Crippen molar-refractivity contribution in [3.05, 3.63) is 90.8 Å². The Morgan fingerprint density at radius 3 is 2.61 bits per heavy atom. The van der Waals surface area contributed by atoms with Gasteiger partial charge in [-0.15, -0.1) is 0 Å². The number of likely N-dealkylation sites (tertiary alicyclic amines) is 1. The van der Waals surface area contributed by atoms with E-state index in [0.717, 1.165) is 58.3 Å². The van der Waals surface area contributed by atoms with Crippen LogP contribution in [0.2, 0.25) is 5.02 Å². The third-order valence-corrected chi connectivity index (χ3v) is 8.83. The summed E-state index contributed by atoms with van der Waals surface area (Å²) in [5.41, 5.74) is 6.09. The summed E-state index contributed by atoms with van der Waals surface area (Å²) in [6, 6.07) is 10.2. The van der Waals surface area contributed by atoms with E-state index in [2.05, 4.69) is 49.0 Å². The average molecular weight is 590 g/mol. The number of aromatic nitrogens is 2. The van der Waals surface area contributed by atoms with E-state index in [9.17, 15) is 4.79 Å². The largest absolute Gasteiger partial charge is 0.342 e. The molecule has 0 saturated carbocycles. The molecule has 5 rings (SSSR count). The molecule has 0 spiro atoms. The molecule has 7 heteroatoms. The van der Waals surface area contributed by atoms with Crippen LogP contribution in [0.3, 0.4) is 0 Å². The van der Waals surface area contributed by atoms with Gasteiger partial charge in [0, 0.05) is 46.5 Å². The number of halogens is 3. The Labute approximate surface area is 216 Å². The fourth-order valence-electron chi connectivity index (χ4n) is 5.28. The Bertz CT molecular complexity index is 1180. The molecule has 0 N–H and O–H groups in total. The normalized spacial score (nSPS) is 18.4. The Hall–Kier alpha value is -1.76. The van der Waals surface area contributed by atoms with Gasteiger partial charge in [-0.25, -0.2) is 0 Å². The molecule has 1 unspecified atom stereocenters. The molecule has 33 heavy (non-hydrogen) atoms. The minimum Gasteiger partial charge on any atom is -0.342 e. The average Bonchev–Trinajstić information content (AvgIpc) is 2.99. The fraction of sp³-hybridized carbons (Fsp3) is 0.346. The van der Waals surface area contributed by atoms with E-state index in [0.29, 0.717) is 12.3 Å². The zero-order valence-corrected chi connectivity index (χ0v) is 22.0. The van der Waals surface area contributed by atoms with Crippen molar-refractivity contribution in [3.8, 4) is 0 Å². The van der Waals surface area contributed by atoms with E-state index in [1.165, 1.54) is 22.4 Å². The molecule has 1 saturated heterocycles. The smallest absolute Gasteiger partial charge is 0.226 e. The van der Waals surface area contributed by atoms with Crippen LogP contribution in [0.4, 0.5) is 0 Å². The van der Waals surface area contributed by atoms with Gasteiger partial charge >= 0.3 is 0 Å². The van der Waals surface area contributed by atoms with Crippen molar-refractivity contribution >= 4 is 49.4 Å². The molecule has 1 aromatic carbocycles. The van der Waals surface area contributed by atoms with Crippen LogP contribution in [-0.4, -0.2) is 33.9 Å². The number of hydrogen-bond acceptors (Lipinski definition) is 3. The Morgan fingerprint density at radius 1 is 1.09 bits per heavy atom. The van der Waals surface area contributed by atoms with Gasteiger partial charge in [0.1, 0.15) is 0 Å². The van der Waals surface area contributed by atoms with Gasteiger partial charge in [-0.05, 0) is 110 Å². The van der Waals surface area contributed by atoms with Crippen LogP contribution < -0.4 is 0 Å². The number of hydrogen-bond donors (Lipinski definition) is 0. The molecule has 1 fully saturated rings. The highest BCUT2D eigenvalue weighted by Gasteiger charge is 2.35. The standard InChI is InChI=1S/C26H24Br2ClN3O/c27-19-14-18-1-2-21-20(3-4-22(29)25(21)28)24(26(18)31-15-19)17-7-11-32(12-8-17)23(33)13-16-5-9-30-10-6-16/h3-6,9-10,14-15,17,24H,1-2,7-8,11-13H2. The first-order valence-electron chi connectivity index (χ1n) is 11.3. The molecule has 3 heterocycles. The number of aryl methyl sites for hydroxylation is 1. The van der Waals surface area contributed by atoms with E-state index in [-0.39, 0.29) is 11.8 Å². The maximum absolute atomic E-state index is 12.9. The number of piperidine rings is 1. The number of pyridine rings is 2. The molecule has 1 amide bonds. The van der Waals surface area contributed by atoms with Crippen molar-refractivity contribution < 1.29 is 4.79 Å². The number of nitrogens with zero attached hydrogens (tertiary/aromatic N) is 3. The van der Waals surface area contributed by atoms with Crippen molar-refractivity contribution in [2.45, 2.75) is 38.0 Å². The van der Waals surface area contributed by atoms with Crippen LogP contribution >= 0.6 is 43.5 Å². The lowest BCUT2D eigenvalue weighted by Crippen LogP contribution is -2.40. The maximum atomic E-state index is 12.9. The van der Waals surface area contributed by atoms with Gasteiger partial charge in [0.05, 0.1) is 17.1 Å². The summed E-state index contributed by atoms with van der Waals surface area (Å²) in [6.45, 7) is 1.56. The summed E-state index contributed by atoms with van der Waals surface area (Å²) < 4.78 is 2.02. The molecular formula is C26H24Br2ClN3O. The quantitative estimate of drug-likeness (QED) is 0.357. The molecular weight excluding hydrogens is 566 g/mol. The number of amides is 1. The highest BCUT2D eigenvalue weighted by Crippen LogP contribution is 2.45.